The zero-order valence-electron chi connectivity index (χ0n) is 17.8. The lowest BCUT2D eigenvalue weighted by Crippen LogP contribution is -2.30. The molecule has 5 rings (SSSR count). The molecule has 0 unspecified atom stereocenters. The van der Waals surface area contributed by atoms with E-state index in [2.05, 4.69) is 4.98 Å². The predicted molar refractivity (Wildman–Crippen MR) is 123 cm³/mol. The lowest BCUT2D eigenvalue weighted by atomic mass is 9.97. The number of halogens is 3. The molecule has 33 heavy (non-hydrogen) atoms. The van der Waals surface area contributed by atoms with Crippen molar-refractivity contribution in [2.24, 2.45) is 0 Å². The van der Waals surface area contributed by atoms with Crippen molar-refractivity contribution >= 4 is 39.2 Å². The maximum absolute atomic E-state index is 13.8. The number of alkyl halides is 3. The molecule has 2 aliphatic rings. The average molecular weight is 494 g/mol. The van der Waals surface area contributed by atoms with E-state index < -0.39 is 17.3 Å². The number of amides is 1. The molecular weight excluding hydrogens is 471 g/mol. The lowest BCUT2D eigenvalue weighted by Gasteiger charge is -2.19. The largest absolute Gasteiger partial charge is 0.418 e. The van der Waals surface area contributed by atoms with Crippen LogP contribution in [0.1, 0.15) is 41.7 Å². The number of rotatable bonds is 4. The van der Waals surface area contributed by atoms with E-state index in [0.29, 0.717) is 23.3 Å². The summed E-state index contributed by atoms with van der Waals surface area (Å²) >= 11 is 2.48. The maximum atomic E-state index is 13.8. The Morgan fingerprint density at radius 2 is 1.82 bits per heavy atom. The quantitative estimate of drug-likeness (QED) is 0.377. The van der Waals surface area contributed by atoms with Crippen LogP contribution in [0.2, 0.25) is 0 Å². The van der Waals surface area contributed by atoms with Crippen LogP contribution in [0.3, 0.4) is 0 Å². The minimum Gasteiger partial charge on any atom is -0.342 e. The van der Waals surface area contributed by atoms with Gasteiger partial charge in [-0.3, -0.25) is 14.2 Å². The Balaban J connectivity index is 1.67. The van der Waals surface area contributed by atoms with Crippen LogP contribution in [-0.4, -0.2) is 39.2 Å². The molecule has 0 bridgehead atoms. The molecule has 5 nitrogen and oxygen atoms in total. The predicted octanol–water partition coefficient (Wildman–Crippen LogP) is 5.06. The standard InChI is InChI=1S/C23H22F3N3O2S2/c24-23(25,26)15-8-2-3-9-16(15)29-21(31)19-14-7-1-4-10-17(14)33-20(19)27-22(29)32-13-18(30)28-11-5-6-12-28/h2-3,8-9H,1,4-7,10-13H2. The van der Waals surface area contributed by atoms with Crippen LogP contribution in [0, 0.1) is 0 Å². The van der Waals surface area contributed by atoms with E-state index in [1.165, 1.54) is 29.5 Å². The second-order valence-electron chi connectivity index (χ2n) is 8.32. The number of nitrogens with zero attached hydrogens (tertiary/aromatic N) is 3. The molecule has 174 valence electrons. The van der Waals surface area contributed by atoms with E-state index in [1.807, 2.05) is 0 Å². The highest BCUT2D eigenvalue weighted by Crippen LogP contribution is 2.38. The summed E-state index contributed by atoms with van der Waals surface area (Å²) in [4.78, 5) is 34.4. The van der Waals surface area contributed by atoms with Gasteiger partial charge in [-0.15, -0.1) is 11.3 Å². The topological polar surface area (TPSA) is 55.2 Å². The molecule has 1 aliphatic carbocycles. The van der Waals surface area contributed by atoms with Gasteiger partial charge >= 0.3 is 6.18 Å². The second-order valence-corrected chi connectivity index (χ2v) is 10.3. The SMILES string of the molecule is O=C(CSc1nc2sc3c(c2c(=O)n1-c1ccccc1C(F)(F)F)CCCC3)N1CCCC1. The van der Waals surface area contributed by atoms with E-state index in [-0.39, 0.29) is 22.5 Å². The summed E-state index contributed by atoms with van der Waals surface area (Å²) in [5.41, 5.74) is -0.727. The Morgan fingerprint density at radius 1 is 1.09 bits per heavy atom. The van der Waals surface area contributed by atoms with Crippen molar-refractivity contribution in [2.45, 2.75) is 49.9 Å². The summed E-state index contributed by atoms with van der Waals surface area (Å²) in [7, 11) is 0. The third-order valence-corrected chi connectivity index (χ3v) is 8.30. The second kappa shape index (κ2) is 8.79. The number of hydrogen-bond donors (Lipinski definition) is 0. The van der Waals surface area contributed by atoms with Crippen LogP contribution in [0.5, 0.6) is 0 Å². The molecule has 1 aromatic carbocycles. The van der Waals surface area contributed by atoms with Crippen LogP contribution >= 0.6 is 23.1 Å². The van der Waals surface area contributed by atoms with E-state index in [1.54, 1.807) is 4.90 Å². The van der Waals surface area contributed by atoms with Gasteiger partial charge in [-0.1, -0.05) is 23.9 Å². The van der Waals surface area contributed by atoms with Gasteiger partial charge in [0, 0.05) is 18.0 Å². The zero-order valence-corrected chi connectivity index (χ0v) is 19.4. The summed E-state index contributed by atoms with van der Waals surface area (Å²) < 4.78 is 42.6. The number of carbonyl (C=O) groups excluding carboxylic acids is 1. The molecule has 0 spiro atoms. The van der Waals surface area contributed by atoms with Crippen LogP contribution in [-0.2, 0) is 23.8 Å². The fraction of sp³-hybridized carbons (Fsp3) is 0.435. The fourth-order valence-corrected chi connectivity index (χ4v) is 6.80. The van der Waals surface area contributed by atoms with Crippen LogP contribution in [0.15, 0.2) is 34.2 Å². The monoisotopic (exact) mass is 493 g/mol. The average Bonchev–Trinajstić information content (AvgIpc) is 3.45. The Kier molecular flexibility index (Phi) is 5.98. The van der Waals surface area contributed by atoms with Gasteiger partial charge in [0.25, 0.3) is 5.56 Å². The number of hydrogen-bond acceptors (Lipinski definition) is 5. The normalized spacial score (nSPS) is 16.4. The lowest BCUT2D eigenvalue weighted by molar-refractivity contribution is -0.137. The summed E-state index contributed by atoms with van der Waals surface area (Å²) in [5, 5.41) is 0.539. The first-order valence-corrected chi connectivity index (χ1v) is 12.8. The fourth-order valence-electron chi connectivity index (χ4n) is 4.59. The van der Waals surface area contributed by atoms with Gasteiger partial charge in [-0.05, 0) is 56.2 Å². The molecule has 1 saturated heterocycles. The maximum Gasteiger partial charge on any atom is 0.418 e. The highest BCUT2D eigenvalue weighted by molar-refractivity contribution is 7.99. The third kappa shape index (κ3) is 4.19. The van der Waals surface area contributed by atoms with Gasteiger partial charge < -0.3 is 4.90 Å². The molecular formula is C23H22F3N3O2S2. The number of thioether (sulfide) groups is 1. The number of aryl methyl sites for hydroxylation is 2. The molecule has 0 N–H and O–H groups in total. The van der Waals surface area contributed by atoms with Crippen molar-refractivity contribution in [1.82, 2.24) is 14.5 Å². The van der Waals surface area contributed by atoms with Gasteiger partial charge in [0.2, 0.25) is 5.91 Å². The highest BCUT2D eigenvalue weighted by atomic mass is 32.2. The molecule has 1 amide bonds. The molecule has 3 aromatic rings. The number of carbonyl (C=O) groups is 1. The molecule has 3 heterocycles. The highest BCUT2D eigenvalue weighted by Gasteiger charge is 2.35. The minimum absolute atomic E-state index is 0.0250. The van der Waals surface area contributed by atoms with Crippen molar-refractivity contribution in [1.29, 1.82) is 0 Å². The first-order chi connectivity index (χ1) is 15.8. The van der Waals surface area contributed by atoms with Gasteiger partial charge in [0.15, 0.2) is 5.16 Å². The van der Waals surface area contributed by atoms with E-state index in [9.17, 15) is 22.8 Å². The Labute approximate surface area is 196 Å². The summed E-state index contributed by atoms with van der Waals surface area (Å²) in [6.45, 7) is 1.38. The number of benzene rings is 1. The zero-order chi connectivity index (χ0) is 23.2. The van der Waals surface area contributed by atoms with Gasteiger partial charge in [-0.25, -0.2) is 4.98 Å². The summed E-state index contributed by atoms with van der Waals surface area (Å²) in [6, 6.07) is 5.05. The molecule has 0 atom stereocenters. The molecule has 1 fully saturated rings. The van der Waals surface area contributed by atoms with E-state index >= 15 is 0 Å². The van der Waals surface area contributed by atoms with Crippen molar-refractivity contribution in [3.8, 4) is 5.69 Å². The van der Waals surface area contributed by atoms with Crippen LogP contribution < -0.4 is 5.56 Å². The third-order valence-electron chi connectivity index (χ3n) is 6.19. The Morgan fingerprint density at radius 3 is 2.58 bits per heavy atom. The number of likely N-dealkylation sites (tertiary alicyclic amines) is 1. The molecule has 2 aromatic heterocycles. The Bertz CT molecular complexity index is 1280. The van der Waals surface area contributed by atoms with Crippen molar-refractivity contribution in [2.75, 3.05) is 18.8 Å². The number of para-hydroxylation sites is 1. The van der Waals surface area contributed by atoms with Crippen molar-refractivity contribution in [3.05, 3.63) is 50.6 Å². The molecule has 0 saturated carbocycles. The van der Waals surface area contributed by atoms with Crippen molar-refractivity contribution in [3.63, 3.8) is 0 Å². The molecule has 0 radical (unpaired) electrons. The van der Waals surface area contributed by atoms with Crippen molar-refractivity contribution < 1.29 is 18.0 Å². The Hall–Kier alpha value is -2.33. The number of thiophene rings is 1. The smallest absolute Gasteiger partial charge is 0.342 e. The van der Waals surface area contributed by atoms with Gasteiger partial charge in [-0.2, -0.15) is 13.2 Å². The number of aromatic nitrogens is 2. The molecule has 10 heteroatoms. The minimum atomic E-state index is -4.63. The number of fused-ring (bicyclic) bond motifs is 3. The van der Waals surface area contributed by atoms with Gasteiger partial charge in [0.1, 0.15) is 4.83 Å². The van der Waals surface area contributed by atoms with E-state index in [0.717, 1.165) is 71.4 Å². The first kappa shape index (κ1) is 22.5. The summed E-state index contributed by atoms with van der Waals surface area (Å²) in [6.07, 6.45) is 0.815. The van der Waals surface area contributed by atoms with Crippen LogP contribution in [0.25, 0.3) is 15.9 Å². The van der Waals surface area contributed by atoms with Crippen LogP contribution in [0.4, 0.5) is 13.2 Å². The molecule has 1 aliphatic heterocycles. The van der Waals surface area contributed by atoms with E-state index in [4.69, 9.17) is 0 Å². The summed E-state index contributed by atoms with van der Waals surface area (Å²) in [5.74, 6) is -0.0648. The van der Waals surface area contributed by atoms with Gasteiger partial charge in [0.05, 0.1) is 22.4 Å². The first-order valence-electron chi connectivity index (χ1n) is 11.0.